The number of hydrogen-bond donors (Lipinski definition) is 1. The van der Waals surface area contributed by atoms with Gasteiger partial charge >= 0.3 is 0 Å². The Balaban J connectivity index is 1.97. The molecule has 1 amide bonds. The lowest BCUT2D eigenvalue weighted by Gasteiger charge is -2.10. The van der Waals surface area contributed by atoms with E-state index in [1.54, 1.807) is 26.4 Å². The molecular formula is C16H17ClN2O3. The molecule has 6 heteroatoms. The molecule has 1 aromatic heterocycles. The molecule has 0 spiro atoms. The molecule has 5 nitrogen and oxygen atoms in total. The van der Waals surface area contributed by atoms with Gasteiger partial charge in [-0.2, -0.15) is 0 Å². The van der Waals surface area contributed by atoms with E-state index >= 15 is 0 Å². The molecule has 2 rings (SSSR count). The maximum absolute atomic E-state index is 12.0. The first kappa shape index (κ1) is 16.1. The van der Waals surface area contributed by atoms with Crippen LogP contribution in [0.4, 0.5) is 5.82 Å². The number of rotatable bonds is 6. The number of aromatic nitrogens is 1. The molecule has 0 saturated carbocycles. The summed E-state index contributed by atoms with van der Waals surface area (Å²) in [4.78, 5) is 16.0. The van der Waals surface area contributed by atoms with Gasteiger partial charge in [-0.1, -0.05) is 11.6 Å². The zero-order valence-corrected chi connectivity index (χ0v) is 13.2. The number of halogens is 1. The van der Waals surface area contributed by atoms with Gasteiger partial charge in [0.15, 0.2) is 0 Å². The van der Waals surface area contributed by atoms with E-state index in [1.165, 1.54) is 6.20 Å². The van der Waals surface area contributed by atoms with E-state index in [4.69, 9.17) is 21.1 Å². The Morgan fingerprint density at radius 1 is 1.23 bits per heavy atom. The van der Waals surface area contributed by atoms with Crippen molar-refractivity contribution in [3.63, 3.8) is 0 Å². The van der Waals surface area contributed by atoms with Crippen molar-refractivity contribution in [3.05, 3.63) is 47.1 Å². The van der Waals surface area contributed by atoms with Crippen molar-refractivity contribution in [1.29, 1.82) is 0 Å². The summed E-state index contributed by atoms with van der Waals surface area (Å²) < 4.78 is 10.5. The number of carbonyl (C=O) groups is 1. The van der Waals surface area contributed by atoms with Crippen molar-refractivity contribution in [1.82, 2.24) is 4.98 Å². The Hall–Kier alpha value is -2.27. The number of ether oxygens (including phenoxy) is 2. The van der Waals surface area contributed by atoms with Crippen LogP contribution in [0.3, 0.4) is 0 Å². The van der Waals surface area contributed by atoms with E-state index in [0.717, 1.165) is 17.1 Å². The molecule has 22 heavy (non-hydrogen) atoms. The van der Waals surface area contributed by atoms with Crippen molar-refractivity contribution in [2.24, 2.45) is 0 Å². The molecular weight excluding hydrogens is 304 g/mol. The Morgan fingerprint density at radius 3 is 2.68 bits per heavy atom. The second-order valence-electron chi connectivity index (χ2n) is 4.59. The molecule has 1 N–H and O–H groups in total. The van der Waals surface area contributed by atoms with Gasteiger partial charge < -0.3 is 14.8 Å². The average Bonchev–Trinajstić information content (AvgIpc) is 2.54. The lowest BCUT2D eigenvalue weighted by molar-refractivity contribution is -0.116. The molecule has 2 aromatic rings. The molecule has 0 bridgehead atoms. The minimum atomic E-state index is -0.125. The SMILES string of the molecule is COc1ccc(OC)c(CCC(=O)Nc2ccc(Cl)cn2)c1. The number of benzene rings is 1. The van der Waals surface area contributed by atoms with Gasteiger partial charge in [-0.3, -0.25) is 4.79 Å². The predicted molar refractivity (Wildman–Crippen MR) is 85.7 cm³/mol. The highest BCUT2D eigenvalue weighted by Gasteiger charge is 2.09. The monoisotopic (exact) mass is 320 g/mol. The molecule has 0 radical (unpaired) electrons. The minimum Gasteiger partial charge on any atom is -0.497 e. The fourth-order valence-electron chi connectivity index (χ4n) is 1.98. The summed E-state index contributed by atoms with van der Waals surface area (Å²) in [6.07, 6.45) is 2.34. The number of anilines is 1. The first-order valence-corrected chi connectivity index (χ1v) is 7.12. The third-order valence-corrected chi connectivity index (χ3v) is 3.33. The van der Waals surface area contributed by atoms with Gasteiger partial charge in [0.05, 0.1) is 19.2 Å². The van der Waals surface area contributed by atoms with Crippen LogP contribution in [-0.2, 0) is 11.2 Å². The number of carbonyl (C=O) groups excluding carboxylic acids is 1. The summed E-state index contributed by atoms with van der Waals surface area (Å²) in [6.45, 7) is 0. The van der Waals surface area contributed by atoms with Crippen LogP contribution in [0.25, 0.3) is 0 Å². The summed E-state index contributed by atoms with van der Waals surface area (Å²) in [6, 6.07) is 8.85. The fraction of sp³-hybridized carbons (Fsp3) is 0.250. The van der Waals surface area contributed by atoms with Gasteiger partial charge in [-0.15, -0.1) is 0 Å². The highest BCUT2D eigenvalue weighted by molar-refractivity contribution is 6.30. The number of amides is 1. The zero-order valence-electron chi connectivity index (χ0n) is 12.4. The van der Waals surface area contributed by atoms with E-state index in [1.807, 2.05) is 18.2 Å². The highest BCUT2D eigenvalue weighted by atomic mass is 35.5. The predicted octanol–water partition coefficient (Wildman–Crippen LogP) is 3.32. The molecule has 0 atom stereocenters. The highest BCUT2D eigenvalue weighted by Crippen LogP contribution is 2.25. The van der Waals surface area contributed by atoms with E-state index in [2.05, 4.69) is 10.3 Å². The van der Waals surface area contributed by atoms with E-state index in [9.17, 15) is 4.79 Å². The van der Waals surface area contributed by atoms with Crippen LogP contribution in [-0.4, -0.2) is 25.1 Å². The molecule has 1 heterocycles. The number of methoxy groups -OCH3 is 2. The first-order valence-electron chi connectivity index (χ1n) is 6.74. The molecule has 0 fully saturated rings. The van der Waals surface area contributed by atoms with Gasteiger partial charge in [0.25, 0.3) is 0 Å². The van der Waals surface area contributed by atoms with Crippen LogP contribution in [0.2, 0.25) is 5.02 Å². The number of nitrogens with one attached hydrogen (secondary N) is 1. The number of hydrogen-bond acceptors (Lipinski definition) is 4. The Kier molecular flexibility index (Phi) is 5.61. The van der Waals surface area contributed by atoms with Gasteiger partial charge in [-0.25, -0.2) is 4.98 Å². The van der Waals surface area contributed by atoms with Crippen molar-refractivity contribution in [2.45, 2.75) is 12.8 Å². The zero-order chi connectivity index (χ0) is 15.9. The van der Waals surface area contributed by atoms with Gasteiger partial charge in [0.1, 0.15) is 17.3 Å². The van der Waals surface area contributed by atoms with Crippen LogP contribution in [0.15, 0.2) is 36.5 Å². The molecule has 0 saturated heterocycles. The average molecular weight is 321 g/mol. The number of nitrogens with zero attached hydrogens (tertiary/aromatic N) is 1. The van der Waals surface area contributed by atoms with Crippen LogP contribution in [0.1, 0.15) is 12.0 Å². The lowest BCUT2D eigenvalue weighted by Crippen LogP contribution is -2.13. The molecule has 0 unspecified atom stereocenters. The van der Waals surface area contributed by atoms with Gasteiger partial charge in [-0.05, 0) is 42.3 Å². The van der Waals surface area contributed by atoms with Gasteiger partial charge in [0.2, 0.25) is 5.91 Å². The largest absolute Gasteiger partial charge is 0.497 e. The maximum Gasteiger partial charge on any atom is 0.225 e. The van der Waals surface area contributed by atoms with Crippen LogP contribution in [0.5, 0.6) is 11.5 Å². The molecule has 0 aliphatic carbocycles. The smallest absolute Gasteiger partial charge is 0.225 e. The third-order valence-electron chi connectivity index (χ3n) is 3.10. The second-order valence-corrected chi connectivity index (χ2v) is 5.02. The van der Waals surface area contributed by atoms with E-state index in [0.29, 0.717) is 23.7 Å². The summed E-state index contributed by atoms with van der Waals surface area (Å²) in [5.41, 5.74) is 0.918. The second kappa shape index (κ2) is 7.66. The molecule has 1 aromatic carbocycles. The molecule has 116 valence electrons. The summed E-state index contributed by atoms with van der Waals surface area (Å²) in [7, 11) is 3.20. The van der Waals surface area contributed by atoms with Crippen LogP contribution in [0, 0.1) is 0 Å². The van der Waals surface area contributed by atoms with Crippen LogP contribution >= 0.6 is 11.6 Å². The van der Waals surface area contributed by atoms with Crippen molar-refractivity contribution in [2.75, 3.05) is 19.5 Å². The molecule has 0 aliphatic rings. The van der Waals surface area contributed by atoms with Gasteiger partial charge in [0, 0.05) is 12.6 Å². The third kappa shape index (κ3) is 4.36. The van der Waals surface area contributed by atoms with Crippen molar-refractivity contribution >= 4 is 23.3 Å². The summed E-state index contributed by atoms with van der Waals surface area (Å²) in [5, 5.41) is 3.25. The Bertz CT molecular complexity index is 644. The maximum atomic E-state index is 12.0. The first-order chi connectivity index (χ1) is 10.6. The number of aryl methyl sites for hydroxylation is 1. The van der Waals surface area contributed by atoms with E-state index < -0.39 is 0 Å². The lowest BCUT2D eigenvalue weighted by atomic mass is 10.1. The quantitative estimate of drug-likeness (QED) is 0.887. The Labute approximate surface area is 134 Å². The fourth-order valence-corrected chi connectivity index (χ4v) is 2.09. The normalized spacial score (nSPS) is 10.1. The summed E-state index contributed by atoms with van der Waals surface area (Å²) >= 11 is 5.75. The molecule has 0 aliphatic heterocycles. The number of pyridine rings is 1. The topological polar surface area (TPSA) is 60.5 Å². The van der Waals surface area contributed by atoms with E-state index in [-0.39, 0.29) is 5.91 Å². The standard InChI is InChI=1S/C16H17ClN2O3/c1-21-13-5-6-14(22-2)11(9-13)3-8-16(20)19-15-7-4-12(17)10-18-15/h4-7,9-10H,3,8H2,1-2H3,(H,18,19,20). The van der Waals surface area contributed by atoms with Crippen LogP contribution < -0.4 is 14.8 Å². The summed E-state index contributed by atoms with van der Waals surface area (Å²) in [5.74, 6) is 1.82. The van der Waals surface area contributed by atoms with Crippen molar-refractivity contribution in [3.8, 4) is 11.5 Å². The minimum absolute atomic E-state index is 0.125. The van der Waals surface area contributed by atoms with Crippen molar-refractivity contribution < 1.29 is 14.3 Å². The Morgan fingerprint density at radius 2 is 2.05 bits per heavy atom.